The van der Waals surface area contributed by atoms with Gasteiger partial charge in [-0.2, -0.15) is 0 Å². The van der Waals surface area contributed by atoms with Crippen molar-refractivity contribution in [2.24, 2.45) is 5.73 Å². The van der Waals surface area contributed by atoms with E-state index in [0.29, 0.717) is 17.2 Å². The van der Waals surface area contributed by atoms with Crippen LogP contribution < -0.4 is 25.3 Å². The van der Waals surface area contributed by atoms with Gasteiger partial charge in [0.05, 0.1) is 32.9 Å². The zero-order valence-corrected chi connectivity index (χ0v) is 12.5. The first kappa shape index (κ1) is 15.6. The van der Waals surface area contributed by atoms with Crippen LogP contribution in [0.4, 0.5) is 0 Å². The fraction of sp³-hybridized carbons (Fsp3) is 0.571. The molecule has 1 rings (SSSR count). The number of rotatable bonds is 6. The average molecular weight is 268 g/mol. The minimum Gasteiger partial charge on any atom is -0.496 e. The lowest BCUT2D eigenvalue weighted by Crippen LogP contribution is -2.46. The Kier molecular flexibility index (Phi) is 5.03. The summed E-state index contributed by atoms with van der Waals surface area (Å²) in [5.74, 6) is 1.99. The van der Waals surface area contributed by atoms with Crippen LogP contribution in [0.25, 0.3) is 0 Å². The second kappa shape index (κ2) is 6.12. The Morgan fingerprint density at radius 2 is 1.53 bits per heavy atom. The average Bonchev–Trinajstić information content (AvgIpc) is 2.44. The summed E-state index contributed by atoms with van der Waals surface area (Å²) in [5, 5.41) is 3.20. The Bertz CT molecular complexity index is 408. The van der Waals surface area contributed by atoms with Crippen molar-refractivity contribution in [3.8, 4) is 17.2 Å². The highest BCUT2D eigenvalue weighted by Gasteiger charge is 2.31. The second-order valence-electron chi connectivity index (χ2n) is 4.89. The highest BCUT2D eigenvalue weighted by Crippen LogP contribution is 2.40. The van der Waals surface area contributed by atoms with Crippen molar-refractivity contribution in [1.82, 2.24) is 5.32 Å². The quantitative estimate of drug-likeness (QED) is 0.822. The van der Waals surface area contributed by atoms with E-state index in [9.17, 15) is 0 Å². The number of nitrogens with two attached hydrogens (primary N) is 1. The fourth-order valence-electron chi connectivity index (χ4n) is 1.86. The van der Waals surface area contributed by atoms with E-state index in [0.717, 1.165) is 5.56 Å². The van der Waals surface area contributed by atoms with Crippen molar-refractivity contribution in [3.05, 3.63) is 17.7 Å². The van der Waals surface area contributed by atoms with Crippen LogP contribution in [0.5, 0.6) is 17.2 Å². The molecular weight excluding hydrogens is 244 g/mol. The first-order valence-electron chi connectivity index (χ1n) is 6.15. The summed E-state index contributed by atoms with van der Waals surface area (Å²) in [5.41, 5.74) is 6.89. The van der Waals surface area contributed by atoms with Gasteiger partial charge < -0.3 is 25.3 Å². The van der Waals surface area contributed by atoms with Crippen molar-refractivity contribution in [1.29, 1.82) is 0 Å². The van der Waals surface area contributed by atoms with E-state index >= 15 is 0 Å². The van der Waals surface area contributed by atoms with E-state index in [2.05, 4.69) is 5.32 Å². The topological polar surface area (TPSA) is 65.7 Å². The minimum atomic E-state index is -0.296. The zero-order chi connectivity index (χ0) is 14.6. The van der Waals surface area contributed by atoms with Gasteiger partial charge in [0.25, 0.3) is 0 Å². The normalized spacial score (nSPS) is 13.0. The van der Waals surface area contributed by atoms with E-state index < -0.39 is 0 Å². The molecule has 1 aromatic carbocycles. The molecule has 0 aliphatic rings. The van der Waals surface area contributed by atoms with Crippen molar-refractivity contribution < 1.29 is 14.2 Å². The first-order chi connectivity index (χ1) is 8.91. The fourth-order valence-corrected chi connectivity index (χ4v) is 1.86. The van der Waals surface area contributed by atoms with Gasteiger partial charge in [-0.3, -0.25) is 0 Å². The lowest BCUT2D eigenvalue weighted by atomic mass is 9.88. The Morgan fingerprint density at radius 3 is 1.84 bits per heavy atom. The largest absolute Gasteiger partial charge is 0.496 e. The number of nitrogens with one attached hydrogen (secondary N) is 1. The van der Waals surface area contributed by atoms with Gasteiger partial charge in [-0.05, 0) is 20.9 Å². The van der Waals surface area contributed by atoms with E-state index in [1.165, 1.54) is 0 Å². The van der Waals surface area contributed by atoms with Gasteiger partial charge >= 0.3 is 0 Å². The predicted octanol–water partition coefficient (Wildman–Crippen LogP) is 1.71. The number of hydrogen-bond donors (Lipinski definition) is 2. The molecule has 0 saturated heterocycles. The van der Waals surface area contributed by atoms with Gasteiger partial charge in [0.15, 0.2) is 0 Å². The molecule has 5 heteroatoms. The summed E-state index contributed by atoms with van der Waals surface area (Å²) in [6.45, 7) is 4.06. The van der Waals surface area contributed by atoms with Crippen LogP contribution in [-0.2, 0) is 0 Å². The second-order valence-corrected chi connectivity index (χ2v) is 4.89. The maximum absolute atomic E-state index is 6.36. The number of ether oxygens (including phenoxy) is 3. The van der Waals surface area contributed by atoms with Gasteiger partial charge in [0.1, 0.15) is 17.2 Å². The summed E-state index contributed by atoms with van der Waals surface area (Å²) in [6.07, 6.45) is 0. The highest BCUT2D eigenvalue weighted by molar-refractivity contribution is 5.53. The smallest absolute Gasteiger partial charge is 0.131 e. The number of hydrogen-bond acceptors (Lipinski definition) is 5. The van der Waals surface area contributed by atoms with Crippen LogP contribution >= 0.6 is 0 Å². The number of likely N-dealkylation sites (N-methyl/N-ethyl adjacent to an activating group) is 1. The lowest BCUT2D eigenvalue weighted by Gasteiger charge is -2.33. The molecule has 19 heavy (non-hydrogen) atoms. The third-order valence-electron chi connectivity index (χ3n) is 3.49. The molecule has 1 unspecified atom stereocenters. The minimum absolute atomic E-state index is 0.284. The Hall–Kier alpha value is -1.46. The summed E-state index contributed by atoms with van der Waals surface area (Å²) in [6, 6.07) is 3.33. The SMILES string of the molecule is CNC(C)(C)C(N)c1c(OC)cc(OC)cc1OC. The maximum atomic E-state index is 6.36. The maximum Gasteiger partial charge on any atom is 0.131 e. The molecular formula is C14H24N2O3. The molecule has 0 aromatic heterocycles. The lowest BCUT2D eigenvalue weighted by molar-refractivity contribution is 0.315. The molecule has 1 atom stereocenters. The zero-order valence-electron chi connectivity index (χ0n) is 12.5. The van der Waals surface area contributed by atoms with Crippen molar-refractivity contribution >= 4 is 0 Å². The molecule has 0 aliphatic heterocycles. The van der Waals surface area contributed by atoms with Gasteiger partial charge in [0.2, 0.25) is 0 Å². The predicted molar refractivity (Wildman–Crippen MR) is 76.2 cm³/mol. The molecule has 0 radical (unpaired) electrons. The number of methoxy groups -OCH3 is 3. The van der Waals surface area contributed by atoms with E-state index in [1.807, 2.05) is 33.0 Å². The molecule has 0 amide bonds. The summed E-state index contributed by atoms with van der Waals surface area (Å²) < 4.78 is 16.1. The van der Waals surface area contributed by atoms with Gasteiger partial charge in [-0.25, -0.2) is 0 Å². The van der Waals surface area contributed by atoms with Gasteiger partial charge in [-0.1, -0.05) is 0 Å². The first-order valence-corrected chi connectivity index (χ1v) is 6.15. The summed E-state index contributed by atoms with van der Waals surface area (Å²) in [7, 11) is 6.70. The summed E-state index contributed by atoms with van der Waals surface area (Å²) >= 11 is 0. The third-order valence-corrected chi connectivity index (χ3v) is 3.49. The van der Waals surface area contributed by atoms with Gasteiger partial charge in [0, 0.05) is 17.7 Å². The van der Waals surface area contributed by atoms with E-state index in [4.69, 9.17) is 19.9 Å². The Labute approximate surface area is 115 Å². The molecule has 0 bridgehead atoms. The summed E-state index contributed by atoms with van der Waals surface area (Å²) in [4.78, 5) is 0. The molecule has 0 heterocycles. The van der Waals surface area contributed by atoms with Crippen molar-refractivity contribution in [2.75, 3.05) is 28.4 Å². The van der Waals surface area contributed by atoms with E-state index in [-0.39, 0.29) is 11.6 Å². The molecule has 0 aliphatic carbocycles. The van der Waals surface area contributed by atoms with Crippen LogP contribution in [0.3, 0.4) is 0 Å². The van der Waals surface area contributed by atoms with Crippen LogP contribution in [0, 0.1) is 0 Å². The standard InChI is InChI=1S/C14H24N2O3/c1-14(2,16-3)13(15)12-10(18-5)7-9(17-4)8-11(12)19-6/h7-8,13,16H,15H2,1-6H3. The molecule has 108 valence electrons. The van der Waals surface area contributed by atoms with Crippen LogP contribution in [0.2, 0.25) is 0 Å². The molecule has 5 nitrogen and oxygen atoms in total. The molecule has 1 aromatic rings. The Morgan fingerprint density at radius 1 is 1.05 bits per heavy atom. The van der Waals surface area contributed by atoms with Crippen molar-refractivity contribution in [2.45, 2.75) is 25.4 Å². The molecule has 0 spiro atoms. The Balaban J connectivity index is 3.39. The van der Waals surface area contributed by atoms with E-state index in [1.54, 1.807) is 21.3 Å². The molecule has 0 saturated carbocycles. The van der Waals surface area contributed by atoms with Crippen LogP contribution in [0.15, 0.2) is 12.1 Å². The monoisotopic (exact) mass is 268 g/mol. The third kappa shape index (κ3) is 3.11. The molecule has 3 N–H and O–H groups in total. The number of benzene rings is 1. The van der Waals surface area contributed by atoms with Gasteiger partial charge in [-0.15, -0.1) is 0 Å². The highest BCUT2D eigenvalue weighted by atomic mass is 16.5. The van der Waals surface area contributed by atoms with Crippen LogP contribution in [-0.4, -0.2) is 33.9 Å². The van der Waals surface area contributed by atoms with Crippen LogP contribution in [0.1, 0.15) is 25.5 Å². The van der Waals surface area contributed by atoms with Crippen molar-refractivity contribution in [3.63, 3.8) is 0 Å². The molecule has 0 fully saturated rings.